The van der Waals surface area contributed by atoms with Gasteiger partial charge in [-0.2, -0.15) is 0 Å². The number of nitrogens with one attached hydrogen (secondary N) is 1. The van der Waals surface area contributed by atoms with Gasteiger partial charge in [0.1, 0.15) is 5.01 Å². The quantitative estimate of drug-likeness (QED) is 0.580. The van der Waals surface area contributed by atoms with E-state index in [-0.39, 0.29) is 17.7 Å². The Kier molecular flexibility index (Phi) is 5.79. The predicted octanol–water partition coefficient (Wildman–Crippen LogP) is 4.36. The molecule has 0 radical (unpaired) electrons. The van der Waals surface area contributed by atoms with E-state index in [1.54, 1.807) is 0 Å². The van der Waals surface area contributed by atoms with E-state index in [1.807, 2.05) is 18.3 Å². The van der Waals surface area contributed by atoms with Gasteiger partial charge in [0.05, 0.1) is 5.75 Å². The maximum Gasteiger partial charge on any atom is 0.236 e. The van der Waals surface area contributed by atoms with E-state index >= 15 is 0 Å². The first kappa shape index (κ1) is 19.5. The monoisotopic (exact) mass is 434 g/mol. The predicted molar refractivity (Wildman–Crippen MR) is 114 cm³/mol. The molecule has 1 N–H and O–H groups in total. The summed E-state index contributed by atoms with van der Waals surface area (Å²) in [6, 6.07) is 0.209. The largest absolute Gasteiger partial charge is 0.300 e. The third-order valence-corrected chi connectivity index (χ3v) is 7.37. The van der Waals surface area contributed by atoms with Crippen LogP contribution < -0.4 is 5.32 Å². The second kappa shape index (κ2) is 8.30. The van der Waals surface area contributed by atoms with Crippen molar-refractivity contribution in [1.82, 2.24) is 25.0 Å². The zero-order valence-corrected chi connectivity index (χ0v) is 18.5. The van der Waals surface area contributed by atoms with E-state index < -0.39 is 0 Å². The van der Waals surface area contributed by atoms with Gasteiger partial charge in [0, 0.05) is 21.9 Å². The maximum absolute atomic E-state index is 12.3. The summed E-state index contributed by atoms with van der Waals surface area (Å²) < 4.78 is 2.14. The molecule has 7 nitrogen and oxygen atoms in total. The number of carbonyl (C=O) groups excluding carboxylic acids is 1. The molecule has 0 saturated carbocycles. The highest BCUT2D eigenvalue weighted by molar-refractivity contribution is 7.99. The number of amides is 1. The van der Waals surface area contributed by atoms with Crippen molar-refractivity contribution >= 4 is 45.5 Å². The average Bonchev–Trinajstić information content (AvgIpc) is 3.37. The second-order valence-electron chi connectivity index (χ2n) is 6.99. The first-order valence-corrected chi connectivity index (χ1v) is 12.0. The van der Waals surface area contributed by atoms with Gasteiger partial charge in [0.25, 0.3) is 0 Å². The van der Waals surface area contributed by atoms with Gasteiger partial charge in [-0.3, -0.25) is 14.7 Å². The molecule has 0 aromatic carbocycles. The van der Waals surface area contributed by atoms with Gasteiger partial charge in [0.15, 0.2) is 11.0 Å². The van der Waals surface area contributed by atoms with E-state index in [1.165, 1.54) is 58.4 Å². The van der Waals surface area contributed by atoms with Crippen molar-refractivity contribution in [3.8, 4) is 11.4 Å². The SMILES string of the molecule is Cc1nnc(NC(=O)CSc2nnc(-c3csc4c3CCCC4)n2C(C)C)s1. The highest BCUT2D eigenvalue weighted by atomic mass is 32.2. The summed E-state index contributed by atoms with van der Waals surface area (Å²) in [7, 11) is 0. The lowest BCUT2D eigenvalue weighted by Gasteiger charge is -2.16. The van der Waals surface area contributed by atoms with E-state index in [0.717, 1.165) is 22.4 Å². The molecule has 148 valence electrons. The third kappa shape index (κ3) is 3.99. The lowest BCUT2D eigenvalue weighted by Crippen LogP contribution is -2.15. The maximum atomic E-state index is 12.3. The molecule has 3 heterocycles. The van der Waals surface area contributed by atoms with E-state index in [0.29, 0.717) is 5.13 Å². The number of aromatic nitrogens is 5. The molecule has 0 fully saturated rings. The van der Waals surface area contributed by atoms with E-state index in [9.17, 15) is 4.79 Å². The highest BCUT2D eigenvalue weighted by Gasteiger charge is 2.23. The van der Waals surface area contributed by atoms with Gasteiger partial charge in [-0.1, -0.05) is 23.1 Å². The molecule has 28 heavy (non-hydrogen) atoms. The van der Waals surface area contributed by atoms with Gasteiger partial charge in [0.2, 0.25) is 11.0 Å². The normalized spacial score (nSPS) is 13.7. The zero-order chi connectivity index (χ0) is 19.7. The number of fused-ring (bicyclic) bond motifs is 1. The molecule has 1 amide bonds. The van der Waals surface area contributed by atoms with Crippen LogP contribution in [-0.2, 0) is 17.6 Å². The Bertz CT molecular complexity index is 990. The average molecular weight is 435 g/mol. The summed E-state index contributed by atoms with van der Waals surface area (Å²) in [5.41, 5.74) is 2.65. The lowest BCUT2D eigenvalue weighted by molar-refractivity contribution is -0.113. The molecule has 0 saturated heterocycles. The minimum absolute atomic E-state index is 0.117. The summed E-state index contributed by atoms with van der Waals surface area (Å²) in [5.74, 6) is 1.05. The molecular weight excluding hydrogens is 412 g/mol. The minimum Gasteiger partial charge on any atom is -0.300 e. The van der Waals surface area contributed by atoms with Crippen LogP contribution in [-0.4, -0.2) is 36.6 Å². The molecular formula is C18H22N6OS3. The van der Waals surface area contributed by atoms with Gasteiger partial charge in [-0.05, 0) is 52.0 Å². The molecule has 3 aromatic rings. The summed E-state index contributed by atoms with van der Waals surface area (Å²) in [4.78, 5) is 13.7. The van der Waals surface area contributed by atoms with Crippen molar-refractivity contribution in [2.45, 2.75) is 57.7 Å². The van der Waals surface area contributed by atoms with Crippen molar-refractivity contribution in [1.29, 1.82) is 0 Å². The number of hydrogen-bond donors (Lipinski definition) is 1. The van der Waals surface area contributed by atoms with Crippen LogP contribution in [0.2, 0.25) is 0 Å². The number of thiophene rings is 1. The van der Waals surface area contributed by atoms with Crippen molar-refractivity contribution < 1.29 is 4.79 Å². The Hall–Kier alpha value is -1.78. The Morgan fingerprint density at radius 3 is 2.82 bits per heavy atom. The van der Waals surface area contributed by atoms with Gasteiger partial charge < -0.3 is 0 Å². The smallest absolute Gasteiger partial charge is 0.236 e. The van der Waals surface area contributed by atoms with Crippen LogP contribution in [0.25, 0.3) is 11.4 Å². The van der Waals surface area contributed by atoms with E-state index in [2.05, 4.69) is 49.5 Å². The lowest BCUT2D eigenvalue weighted by atomic mass is 9.95. The number of aryl methyl sites for hydroxylation is 2. The molecule has 10 heteroatoms. The first-order chi connectivity index (χ1) is 13.5. The third-order valence-electron chi connectivity index (χ3n) is 4.59. The fraction of sp³-hybridized carbons (Fsp3) is 0.500. The fourth-order valence-corrected chi connectivity index (χ4v) is 5.94. The molecule has 0 atom stereocenters. The van der Waals surface area contributed by atoms with Crippen LogP contribution in [0.5, 0.6) is 0 Å². The number of carbonyl (C=O) groups is 1. The molecule has 0 aliphatic heterocycles. The summed E-state index contributed by atoms with van der Waals surface area (Å²) in [5, 5.41) is 23.9. The van der Waals surface area contributed by atoms with Crippen LogP contribution in [0.3, 0.4) is 0 Å². The molecule has 3 aromatic heterocycles. The molecule has 1 aliphatic carbocycles. The Morgan fingerprint density at radius 2 is 2.07 bits per heavy atom. The number of anilines is 1. The molecule has 1 aliphatic rings. The Labute approximate surface area is 176 Å². The van der Waals surface area contributed by atoms with Crippen LogP contribution in [0.1, 0.15) is 48.2 Å². The van der Waals surface area contributed by atoms with Crippen molar-refractivity contribution in [3.63, 3.8) is 0 Å². The van der Waals surface area contributed by atoms with Crippen molar-refractivity contribution in [2.24, 2.45) is 0 Å². The Balaban J connectivity index is 1.52. The summed E-state index contributed by atoms with van der Waals surface area (Å²) >= 11 is 4.60. The molecule has 4 rings (SSSR count). The topological polar surface area (TPSA) is 85.6 Å². The van der Waals surface area contributed by atoms with Crippen LogP contribution in [0, 0.1) is 6.92 Å². The van der Waals surface area contributed by atoms with Gasteiger partial charge >= 0.3 is 0 Å². The van der Waals surface area contributed by atoms with Crippen molar-refractivity contribution in [3.05, 3.63) is 20.8 Å². The standard InChI is InChI=1S/C18H22N6OS3/c1-10(2)24-16(13-8-26-14-7-5-4-6-12(13)14)21-23-18(24)27-9-15(25)19-17-22-20-11(3)28-17/h8,10H,4-7,9H2,1-3H3,(H,19,22,25). The van der Waals surface area contributed by atoms with Crippen LogP contribution in [0.4, 0.5) is 5.13 Å². The number of rotatable bonds is 6. The highest BCUT2D eigenvalue weighted by Crippen LogP contribution is 2.37. The van der Waals surface area contributed by atoms with Crippen molar-refractivity contribution in [2.75, 3.05) is 11.1 Å². The zero-order valence-electron chi connectivity index (χ0n) is 16.1. The molecule has 0 bridgehead atoms. The number of nitrogens with zero attached hydrogens (tertiary/aromatic N) is 5. The molecule has 0 unspecified atom stereocenters. The van der Waals surface area contributed by atoms with Gasteiger partial charge in [-0.15, -0.1) is 31.7 Å². The van der Waals surface area contributed by atoms with Crippen LogP contribution in [0.15, 0.2) is 10.5 Å². The summed E-state index contributed by atoms with van der Waals surface area (Å²) in [6.45, 7) is 6.11. The number of hydrogen-bond acceptors (Lipinski definition) is 8. The second-order valence-corrected chi connectivity index (χ2v) is 10.1. The minimum atomic E-state index is -0.117. The van der Waals surface area contributed by atoms with E-state index in [4.69, 9.17) is 0 Å². The molecule has 0 spiro atoms. The number of thioether (sulfide) groups is 1. The Morgan fingerprint density at radius 1 is 1.25 bits per heavy atom. The fourth-order valence-electron chi connectivity index (χ4n) is 3.34. The summed E-state index contributed by atoms with van der Waals surface area (Å²) in [6.07, 6.45) is 4.79. The van der Waals surface area contributed by atoms with Gasteiger partial charge in [-0.25, -0.2) is 0 Å². The first-order valence-electron chi connectivity index (χ1n) is 9.30. The van der Waals surface area contributed by atoms with Crippen LogP contribution >= 0.6 is 34.4 Å².